The maximum atomic E-state index is 9.83. The number of nitrogens with one attached hydrogen (secondary N) is 2. The van der Waals surface area contributed by atoms with Crippen LogP contribution in [0.25, 0.3) is 0 Å². The Bertz CT molecular complexity index is 424. The number of anilines is 2. The van der Waals surface area contributed by atoms with E-state index >= 15 is 0 Å². The quantitative estimate of drug-likeness (QED) is 0.747. The highest BCUT2D eigenvalue weighted by Gasteiger charge is 2.34. The molecule has 4 nitrogen and oxygen atoms in total. The van der Waals surface area contributed by atoms with Gasteiger partial charge in [0.05, 0.1) is 35.9 Å². The van der Waals surface area contributed by atoms with Crippen LogP contribution in [0, 0.1) is 5.92 Å². The Labute approximate surface area is 122 Å². The van der Waals surface area contributed by atoms with Crippen molar-refractivity contribution in [2.75, 3.05) is 23.8 Å². The molecule has 0 radical (unpaired) electrons. The summed E-state index contributed by atoms with van der Waals surface area (Å²) in [5.41, 5.74) is 1.85. The largest absolute Gasteiger partial charge is 0.394 e. The van der Waals surface area contributed by atoms with Crippen LogP contribution in [0.2, 0.25) is 0 Å². The molecule has 112 valence electrons. The first-order chi connectivity index (χ1) is 9.67. The Morgan fingerprint density at radius 2 is 2.20 bits per heavy atom. The van der Waals surface area contributed by atoms with E-state index in [4.69, 9.17) is 0 Å². The molecular weight excluding hydrogens is 250 g/mol. The van der Waals surface area contributed by atoms with Gasteiger partial charge in [-0.15, -0.1) is 0 Å². The second-order valence-electron chi connectivity index (χ2n) is 6.15. The van der Waals surface area contributed by atoms with Gasteiger partial charge in [0.25, 0.3) is 0 Å². The molecule has 0 aromatic carbocycles. The number of hydrogen-bond donors (Lipinski definition) is 3. The molecule has 2 atom stereocenters. The smallest absolute Gasteiger partial charge is 0.0661 e. The van der Waals surface area contributed by atoms with E-state index in [0.717, 1.165) is 37.2 Å². The van der Waals surface area contributed by atoms with Gasteiger partial charge in [0.15, 0.2) is 0 Å². The first kappa shape index (κ1) is 15.1. The summed E-state index contributed by atoms with van der Waals surface area (Å²) in [6, 6.07) is 2.08. The standard InChI is InChI=1S/C16H27N3O/c1-3-7-18-14-8-15(11-17-10-14)19-16(12-20)6-4-5-13(2)9-16/h8,10-11,13,18-20H,3-7,9,12H2,1-2H3. The van der Waals surface area contributed by atoms with Crippen LogP contribution in [0.1, 0.15) is 46.0 Å². The third kappa shape index (κ3) is 3.85. The van der Waals surface area contributed by atoms with E-state index in [1.165, 1.54) is 12.8 Å². The maximum absolute atomic E-state index is 9.83. The Hall–Kier alpha value is -1.29. The van der Waals surface area contributed by atoms with E-state index in [1.807, 2.05) is 12.4 Å². The molecular formula is C16H27N3O. The van der Waals surface area contributed by atoms with Gasteiger partial charge < -0.3 is 15.7 Å². The van der Waals surface area contributed by atoms with Gasteiger partial charge in [0, 0.05) is 6.54 Å². The molecule has 0 bridgehead atoms. The van der Waals surface area contributed by atoms with Crippen LogP contribution >= 0.6 is 0 Å². The highest BCUT2D eigenvalue weighted by atomic mass is 16.3. The first-order valence-corrected chi connectivity index (χ1v) is 7.75. The molecule has 0 spiro atoms. The summed E-state index contributed by atoms with van der Waals surface area (Å²) in [5.74, 6) is 0.665. The van der Waals surface area contributed by atoms with Crippen molar-refractivity contribution in [1.29, 1.82) is 0 Å². The lowest BCUT2D eigenvalue weighted by atomic mass is 9.76. The van der Waals surface area contributed by atoms with Crippen LogP contribution in [-0.4, -0.2) is 28.8 Å². The molecule has 0 aliphatic heterocycles. The molecule has 1 aliphatic rings. The molecule has 2 unspecified atom stereocenters. The van der Waals surface area contributed by atoms with Gasteiger partial charge in [-0.1, -0.05) is 26.7 Å². The van der Waals surface area contributed by atoms with Crippen LogP contribution < -0.4 is 10.6 Å². The summed E-state index contributed by atoms with van der Waals surface area (Å²) < 4.78 is 0. The van der Waals surface area contributed by atoms with Crippen molar-refractivity contribution in [3.63, 3.8) is 0 Å². The second kappa shape index (κ2) is 6.93. The molecule has 0 amide bonds. The molecule has 3 N–H and O–H groups in total. The van der Waals surface area contributed by atoms with Gasteiger partial charge in [0.1, 0.15) is 0 Å². The SMILES string of the molecule is CCCNc1cncc(NC2(CO)CCCC(C)C2)c1. The fourth-order valence-corrected chi connectivity index (χ4v) is 3.14. The molecule has 1 fully saturated rings. The fourth-order valence-electron chi connectivity index (χ4n) is 3.14. The second-order valence-corrected chi connectivity index (χ2v) is 6.15. The molecule has 20 heavy (non-hydrogen) atoms. The number of aromatic nitrogens is 1. The van der Waals surface area contributed by atoms with Gasteiger partial charge >= 0.3 is 0 Å². The topological polar surface area (TPSA) is 57.2 Å². The van der Waals surface area contributed by atoms with E-state index in [2.05, 4.69) is 35.5 Å². The van der Waals surface area contributed by atoms with E-state index in [-0.39, 0.29) is 12.1 Å². The molecule has 1 heterocycles. The van der Waals surface area contributed by atoms with Crippen molar-refractivity contribution in [2.45, 2.75) is 51.5 Å². The minimum absolute atomic E-state index is 0.178. The van der Waals surface area contributed by atoms with Crippen LogP contribution in [0.5, 0.6) is 0 Å². The van der Waals surface area contributed by atoms with Crippen molar-refractivity contribution < 1.29 is 5.11 Å². The summed E-state index contributed by atoms with van der Waals surface area (Å²) in [7, 11) is 0. The van der Waals surface area contributed by atoms with Gasteiger partial charge in [-0.2, -0.15) is 0 Å². The number of rotatable bonds is 6. The minimum atomic E-state index is -0.178. The van der Waals surface area contributed by atoms with Crippen LogP contribution in [-0.2, 0) is 0 Å². The Kier molecular flexibility index (Phi) is 5.24. The predicted octanol–water partition coefficient (Wildman–Crippen LogP) is 3.26. The number of nitrogens with zero attached hydrogens (tertiary/aromatic N) is 1. The lowest BCUT2D eigenvalue weighted by molar-refractivity contribution is 0.149. The molecule has 1 aliphatic carbocycles. The summed E-state index contributed by atoms with van der Waals surface area (Å²) in [6.07, 6.45) is 9.27. The number of pyridine rings is 1. The van der Waals surface area contributed by atoms with Gasteiger partial charge in [0.2, 0.25) is 0 Å². The van der Waals surface area contributed by atoms with Gasteiger partial charge in [-0.25, -0.2) is 0 Å². The highest BCUT2D eigenvalue weighted by molar-refractivity contribution is 5.55. The van der Waals surface area contributed by atoms with Crippen LogP contribution in [0.3, 0.4) is 0 Å². The zero-order valence-electron chi connectivity index (χ0n) is 12.7. The first-order valence-electron chi connectivity index (χ1n) is 7.75. The number of aliphatic hydroxyl groups excluding tert-OH is 1. The lowest BCUT2D eigenvalue weighted by Crippen LogP contribution is -2.45. The summed E-state index contributed by atoms with van der Waals surface area (Å²) in [6.45, 7) is 5.55. The van der Waals surface area contributed by atoms with Crippen molar-refractivity contribution in [3.8, 4) is 0 Å². The Morgan fingerprint density at radius 1 is 1.40 bits per heavy atom. The van der Waals surface area contributed by atoms with Gasteiger partial charge in [-0.3, -0.25) is 4.98 Å². The monoisotopic (exact) mass is 277 g/mol. The number of hydrogen-bond acceptors (Lipinski definition) is 4. The molecule has 1 aromatic heterocycles. The zero-order chi connectivity index (χ0) is 14.4. The minimum Gasteiger partial charge on any atom is -0.394 e. The lowest BCUT2D eigenvalue weighted by Gasteiger charge is -2.40. The predicted molar refractivity (Wildman–Crippen MR) is 84.1 cm³/mol. The van der Waals surface area contributed by atoms with Crippen molar-refractivity contribution in [2.24, 2.45) is 5.92 Å². The Morgan fingerprint density at radius 3 is 2.90 bits per heavy atom. The molecule has 4 heteroatoms. The van der Waals surface area contributed by atoms with E-state index in [0.29, 0.717) is 5.92 Å². The van der Waals surface area contributed by atoms with Gasteiger partial charge in [-0.05, 0) is 31.2 Å². The third-order valence-corrected chi connectivity index (χ3v) is 4.12. The van der Waals surface area contributed by atoms with Crippen LogP contribution in [0.4, 0.5) is 11.4 Å². The Balaban J connectivity index is 2.07. The van der Waals surface area contributed by atoms with E-state index < -0.39 is 0 Å². The highest BCUT2D eigenvalue weighted by Crippen LogP contribution is 2.34. The summed E-state index contributed by atoms with van der Waals surface area (Å²) in [4.78, 5) is 4.28. The average molecular weight is 277 g/mol. The third-order valence-electron chi connectivity index (χ3n) is 4.12. The zero-order valence-corrected chi connectivity index (χ0v) is 12.7. The van der Waals surface area contributed by atoms with Crippen molar-refractivity contribution >= 4 is 11.4 Å². The van der Waals surface area contributed by atoms with Crippen molar-refractivity contribution in [3.05, 3.63) is 18.5 Å². The van der Waals surface area contributed by atoms with E-state index in [1.54, 1.807) is 0 Å². The summed E-state index contributed by atoms with van der Waals surface area (Å²) >= 11 is 0. The number of aliphatic hydroxyl groups is 1. The normalized spacial score (nSPS) is 26.2. The van der Waals surface area contributed by atoms with Crippen molar-refractivity contribution in [1.82, 2.24) is 4.98 Å². The van der Waals surface area contributed by atoms with E-state index in [9.17, 15) is 5.11 Å². The molecule has 0 saturated heterocycles. The van der Waals surface area contributed by atoms with Crippen LogP contribution in [0.15, 0.2) is 18.5 Å². The molecule has 2 rings (SSSR count). The fraction of sp³-hybridized carbons (Fsp3) is 0.688. The average Bonchev–Trinajstić information content (AvgIpc) is 2.45. The molecule has 1 aromatic rings. The summed E-state index contributed by atoms with van der Waals surface area (Å²) in [5, 5.41) is 16.7. The molecule has 1 saturated carbocycles. The maximum Gasteiger partial charge on any atom is 0.0661 e.